The summed E-state index contributed by atoms with van der Waals surface area (Å²) in [6, 6.07) is 24.3. The monoisotopic (exact) mass is 386 g/mol. The molecule has 6 heteroatoms. The van der Waals surface area contributed by atoms with Crippen LogP contribution >= 0.6 is 0 Å². The fraction of sp³-hybridized carbons (Fsp3) is 0.0870. The van der Waals surface area contributed by atoms with Crippen LogP contribution in [0.15, 0.2) is 89.7 Å². The van der Waals surface area contributed by atoms with Gasteiger partial charge in [-0.3, -0.25) is 0 Å². The number of carbonyl (C=O) groups is 1. The molecule has 0 radical (unpaired) electrons. The Labute approximate surface area is 167 Å². The minimum atomic E-state index is -0.488. The minimum absolute atomic E-state index is 0.169. The summed E-state index contributed by atoms with van der Waals surface area (Å²) in [6.07, 6.45) is 1.24. The lowest BCUT2D eigenvalue weighted by Crippen LogP contribution is -2.09. The highest BCUT2D eigenvalue weighted by atomic mass is 16.5. The molecule has 0 amide bonds. The molecule has 1 heterocycles. The first-order chi connectivity index (χ1) is 14.3. The van der Waals surface area contributed by atoms with Crippen LogP contribution in [0, 0.1) is 0 Å². The summed E-state index contributed by atoms with van der Waals surface area (Å²) >= 11 is 0. The molecule has 3 aromatic carbocycles. The molecule has 4 aromatic rings. The van der Waals surface area contributed by atoms with Crippen LogP contribution in [-0.4, -0.2) is 16.2 Å². The van der Waals surface area contributed by atoms with Gasteiger partial charge >= 0.3 is 5.97 Å². The van der Waals surface area contributed by atoms with E-state index in [2.05, 4.69) is 10.2 Å². The van der Waals surface area contributed by atoms with E-state index in [-0.39, 0.29) is 6.61 Å². The third-order valence-electron chi connectivity index (χ3n) is 4.26. The number of rotatable bonds is 7. The molecule has 144 valence electrons. The maximum Gasteiger partial charge on any atom is 0.342 e. The van der Waals surface area contributed by atoms with E-state index in [9.17, 15) is 4.79 Å². The molecular formula is C23H18N2O4. The lowest BCUT2D eigenvalue weighted by molar-refractivity contribution is 0.0467. The van der Waals surface area contributed by atoms with E-state index >= 15 is 0 Å². The zero-order valence-corrected chi connectivity index (χ0v) is 15.5. The molecule has 0 unspecified atom stereocenters. The predicted molar refractivity (Wildman–Crippen MR) is 106 cm³/mol. The van der Waals surface area contributed by atoms with E-state index < -0.39 is 5.97 Å². The lowest BCUT2D eigenvalue weighted by Gasteiger charge is -2.12. The van der Waals surface area contributed by atoms with Crippen molar-refractivity contribution in [1.82, 2.24) is 10.2 Å². The average molecular weight is 386 g/mol. The molecular weight excluding hydrogens is 368 g/mol. The fourth-order valence-electron chi connectivity index (χ4n) is 2.78. The van der Waals surface area contributed by atoms with Gasteiger partial charge in [-0.25, -0.2) is 4.79 Å². The normalized spacial score (nSPS) is 10.5. The number of nitrogens with zero attached hydrogens (tertiary/aromatic N) is 2. The molecule has 0 saturated carbocycles. The van der Waals surface area contributed by atoms with E-state index in [0.29, 0.717) is 29.4 Å². The van der Waals surface area contributed by atoms with Crippen LogP contribution in [0.1, 0.15) is 21.5 Å². The minimum Gasteiger partial charge on any atom is -0.488 e. The third-order valence-corrected chi connectivity index (χ3v) is 4.26. The SMILES string of the molecule is O=C(OCc1ccccc1)c1cc(-c2nnco2)ccc1OCc1ccccc1. The number of aromatic nitrogens is 2. The third kappa shape index (κ3) is 4.68. The van der Waals surface area contributed by atoms with Gasteiger partial charge in [0.15, 0.2) is 0 Å². The van der Waals surface area contributed by atoms with Gasteiger partial charge in [0.25, 0.3) is 0 Å². The summed E-state index contributed by atoms with van der Waals surface area (Å²) in [6.45, 7) is 0.502. The van der Waals surface area contributed by atoms with Gasteiger partial charge in [-0.2, -0.15) is 0 Å². The summed E-state index contributed by atoms with van der Waals surface area (Å²) < 4.78 is 16.6. The molecule has 29 heavy (non-hydrogen) atoms. The Hall–Kier alpha value is -3.93. The molecule has 0 aliphatic heterocycles. The Morgan fingerprint density at radius 1 is 0.862 bits per heavy atom. The molecule has 6 nitrogen and oxygen atoms in total. The first kappa shape index (κ1) is 18.4. The van der Waals surface area contributed by atoms with Gasteiger partial charge in [0, 0.05) is 5.56 Å². The van der Waals surface area contributed by atoms with E-state index in [1.54, 1.807) is 18.2 Å². The summed E-state index contributed by atoms with van der Waals surface area (Å²) in [7, 11) is 0. The highest BCUT2D eigenvalue weighted by molar-refractivity contribution is 5.93. The quantitative estimate of drug-likeness (QED) is 0.430. The first-order valence-electron chi connectivity index (χ1n) is 9.08. The van der Waals surface area contributed by atoms with Crippen LogP contribution in [-0.2, 0) is 18.0 Å². The average Bonchev–Trinajstić information content (AvgIpc) is 3.32. The predicted octanol–water partition coefficient (Wildman–Crippen LogP) is 4.67. The van der Waals surface area contributed by atoms with Crippen LogP contribution < -0.4 is 4.74 Å². The Morgan fingerprint density at radius 3 is 2.21 bits per heavy atom. The number of benzene rings is 3. The van der Waals surface area contributed by atoms with E-state index in [0.717, 1.165) is 11.1 Å². The van der Waals surface area contributed by atoms with Gasteiger partial charge < -0.3 is 13.9 Å². The van der Waals surface area contributed by atoms with Crippen LogP contribution in [0.4, 0.5) is 0 Å². The van der Waals surface area contributed by atoms with Gasteiger partial charge in [0.05, 0.1) is 0 Å². The van der Waals surface area contributed by atoms with Crippen LogP contribution in [0.5, 0.6) is 5.75 Å². The number of esters is 1. The maximum absolute atomic E-state index is 12.8. The summed E-state index contributed by atoms with van der Waals surface area (Å²) in [4.78, 5) is 12.8. The number of hydrogen-bond donors (Lipinski definition) is 0. The first-order valence-corrected chi connectivity index (χ1v) is 9.08. The molecule has 4 rings (SSSR count). The van der Waals surface area contributed by atoms with Crippen LogP contribution in [0.2, 0.25) is 0 Å². The Morgan fingerprint density at radius 2 is 1.55 bits per heavy atom. The second-order valence-corrected chi connectivity index (χ2v) is 6.29. The smallest absolute Gasteiger partial charge is 0.342 e. The Balaban J connectivity index is 1.57. The Kier molecular flexibility index (Phi) is 5.62. The molecule has 1 aromatic heterocycles. The number of ether oxygens (including phenoxy) is 2. The molecule has 0 aliphatic carbocycles. The van der Waals surface area contributed by atoms with Crippen LogP contribution in [0.25, 0.3) is 11.5 Å². The number of hydrogen-bond acceptors (Lipinski definition) is 6. The van der Waals surface area contributed by atoms with Crippen molar-refractivity contribution in [2.75, 3.05) is 0 Å². The lowest BCUT2D eigenvalue weighted by atomic mass is 10.1. The van der Waals surface area contributed by atoms with E-state index in [4.69, 9.17) is 13.9 Å². The standard InChI is InChI=1S/C23H18N2O4/c26-23(28-15-18-9-5-2-6-10-18)20-13-19(22-25-24-16-29-22)11-12-21(20)27-14-17-7-3-1-4-8-17/h1-13,16H,14-15H2. The summed E-state index contributed by atoms with van der Waals surface area (Å²) in [5.74, 6) is 0.255. The molecule has 0 atom stereocenters. The van der Waals surface area contributed by atoms with Crippen molar-refractivity contribution in [2.24, 2.45) is 0 Å². The van der Waals surface area contributed by atoms with Crippen molar-refractivity contribution < 1.29 is 18.7 Å². The topological polar surface area (TPSA) is 74.5 Å². The zero-order chi connectivity index (χ0) is 19.9. The zero-order valence-electron chi connectivity index (χ0n) is 15.5. The van der Waals surface area contributed by atoms with Gasteiger partial charge in [-0.1, -0.05) is 60.7 Å². The largest absolute Gasteiger partial charge is 0.488 e. The highest BCUT2D eigenvalue weighted by Gasteiger charge is 2.18. The van der Waals surface area contributed by atoms with Crippen molar-refractivity contribution in [3.63, 3.8) is 0 Å². The molecule has 0 aliphatic rings. The molecule has 0 spiro atoms. The maximum atomic E-state index is 12.8. The van der Waals surface area contributed by atoms with Gasteiger partial charge in [0.2, 0.25) is 12.3 Å². The van der Waals surface area contributed by atoms with Crippen molar-refractivity contribution in [1.29, 1.82) is 0 Å². The van der Waals surface area contributed by atoms with Crippen molar-refractivity contribution in [2.45, 2.75) is 13.2 Å². The van der Waals surface area contributed by atoms with E-state index in [1.165, 1.54) is 6.39 Å². The van der Waals surface area contributed by atoms with E-state index in [1.807, 2.05) is 60.7 Å². The van der Waals surface area contributed by atoms with Gasteiger partial charge in [-0.15, -0.1) is 10.2 Å². The molecule has 0 fully saturated rings. The number of carbonyl (C=O) groups excluding carboxylic acids is 1. The van der Waals surface area contributed by atoms with Gasteiger partial charge in [-0.05, 0) is 29.3 Å². The highest BCUT2D eigenvalue weighted by Crippen LogP contribution is 2.27. The summed E-state index contributed by atoms with van der Waals surface area (Å²) in [5, 5.41) is 7.58. The van der Waals surface area contributed by atoms with Crippen LogP contribution in [0.3, 0.4) is 0 Å². The van der Waals surface area contributed by atoms with Crippen molar-refractivity contribution in [3.8, 4) is 17.2 Å². The molecule has 0 bridgehead atoms. The summed E-state index contributed by atoms with van der Waals surface area (Å²) in [5.41, 5.74) is 2.81. The van der Waals surface area contributed by atoms with Gasteiger partial charge in [0.1, 0.15) is 24.5 Å². The molecule has 0 N–H and O–H groups in total. The second kappa shape index (κ2) is 8.84. The second-order valence-electron chi connectivity index (χ2n) is 6.29. The molecule has 0 saturated heterocycles. The fourth-order valence-corrected chi connectivity index (χ4v) is 2.78. The van der Waals surface area contributed by atoms with Crippen molar-refractivity contribution in [3.05, 3.63) is 102 Å². The van der Waals surface area contributed by atoms with Crippen molar-refractivity contribution >= 4 is 5.97 Å². The Bertz CT molecular complexity index is 1060.